The molecule has 1 aromatic heterocycles. The average molecular weight is 249 g/mol. The van der Waals surface area contributed by atoms with Crippen molar-refractivity contribution in [3.05, 3.63) is 29.6 Å². The molecule has 1 heterocycles. The Bertz CT molecular complexity index is 321. The molecule has 0 bridgehead atoms. The van der Waals surface area contributed by atoms with Crippen LogP contribution in [0.3, 0.4) is 0 Å². The molecule has 1 N–H and O–H groups in total. The van der Waals surface area contributed by atoms with Crippen LogP contribution in [0.15, 0.2) is 18.3 Å². The highest BCUT2D eigenvalue weighted by Crippen LogP contribution is 2.08. The maximum atomic E-state index is 4.54. The van der Waals surface area contributed by atoms with Crippen LogP contribution in [0.2, 0.25) is 0 Å². The molecular formula is C15H27N3. The van der Waals surface area contributed by atoms with Crippen LogP contribution >= 0.6 is 0 Å². The molecule has 0 amide bonds. The molecule has 1 atom stereocenters. The molecule has 0 aliphatic rings. The van der Waals surface area contributed by atoms with Gasteiger partial charge < -0.3 is 5.32 Å². The first kappa shape index (κ1) is 15.1. The number of rotatable bonds is 8. The van der Waals surface area contributed by atoms with Gasteiger partial charge in [0.15, 0.2) is 0 Å². The maximum Gasteiger partial charge on any atom is 0.0544 e. The Morgan fingerprint density at radius 3 is 2.61 bits per heavy atom. The molecular weight excluding hydrogens is 222 g/mol. The van der Waals surface area contributed by atoms with Crippen molar-refractivity contribution >= 4 is 0 Å². The van der Waals surface area contributed by atoms with Crippen LogP contribution in [-0.2, 0) is 13.1 Å². The van der Waals surface area contributed by atoms with Gasteiger partial charge in [0.2, 0.25) is 0 Å². The molecule has 18 heavy (non-hydrogen) atoms. The summed E-state index contributed by atoms with van der Waals surface area (Å²) in [4.78, 5) is 7.00. The molecule has 1 unspecified atom stereocenters. The summed E-state index contributed by atoms with van der Waals surface area (Å²) in [5, 5.41) is 3.14. The van der Waals surface area contributed by atoms with Gasteiger partial charge in [0.05, 0.1) is 5.69 Å². The van der Waals surface area contributed by atoms with Crippen molar-refractivity contribution < 1.29 is 0 Å². The summed E-state index contributed by atoms with van der Waals surface area (Å²) < 4.78 is 0. The molecule has 0 aromatic carbocycles. The van der Waals surface area contributed by atoms with Gasteiger partial charge in [0.25, 0.3) is 0 Å². The first-order valence-corrected chi connectivity index (χ1v) is 7.00. The third-order valence-corrected chi connectivity index (χ3v) is 3.37. The zero-order chi connectivity index (χ0) is 13.4. The zero-order valence-corrected chi connectivity index (χ0v) is 12.2. The predicted octanol–water partition coefficient (Wildman–Crippen LogP) is 2.67. The summed E-state index contributed by atoms with van der Waals surface area (Å²) in [5.74, 6) is 0.758. The fraction of sp³-hybridized carbons (Fsp3) is 0.667. The minimum Gasteiger partial charge on any atom is -0.316 e. The Morgan fingerprint density at radius 1 is 1.33 bits per heavy atom. The van der Waals surface area contributed by atoms with Crippen LogP contribution in [0.4, 0.5) is 0 Å². The first-order valence-electron chi connectivity index (χ1n) is 7.00. The van der Waals surface area contributed by atoms with Crippen LogP contribution in [-0.4, -0.2) is 30.0 Å². The summed E-state index contributed by atoms with van der Waals surface area (Å²) in [6.07, 6.45) is 3.22. The number of nitrogens with zero attached hydrogens (tertiary/aromatic N) is 2. The van der Waals surface area contributed by atoms with E-state index in [0.717, 1.165) is 32.1 Å². The number of pyridine rings is 1. The van der Waals surface area contributed by atoms with Crippen molar-refractivity contribution in [1.29, 1.82) is 0 Å². The van der Waals surface area contributed by atoms with E-state index in [1.54, 1.807) is 0 Å². The summed E-state index contributed by atoms with van der Waals surface area (Å²) in [7, 11) is 1.96. The highest BCUT2D eigenvalue weighted by molar-refractivity contribution is 5.13. The van der Waals surface area contributed by atoms with Gasteiger partial charge in [-0.05, 0) is 31.1 Å². The molecule has 1 aromatic rings. The van der Waals surface area contributed by atoms with Crippen LogP contribution < -0.4 is 5.32 Å². The van der Waals surface area contributed by atoms with Crippen molar-refractivity contribution in [1.82, 2.24) is 15.2 Å². The number of hydrogen-bond acceptors (Lipinski definition) is 3. The van der Waals surface area contributed by atoms with E-state index in [0.29, 0.717) is 0 Å². The first-order chi connectivity index (χ1) is 8.69. The third-order valence-electron chi connectivity index (χ3n) is 3.37. The minimum absolute atomic E-state index is 0.758. The standard InChI is InChI=1S/C15H27N3/c1-5-13(3)11-18(6-2)12-15-8-7-14(9-16-4)10-17-15/h7-8,10,13,16H,5-6,9,11-12H2,1-4H3. The van der Waals surface area contributed by atoms with E-state index >= 15 is 0 Å². The van der Waals surface area contributed by atoms with Crippen LogP contribution in [0, 0.1) is 5.92 Å². The Hall–Kier alpha value is -0.930. The second-order valence-electron chi connectivity index (χ2n) is 5.03. The van der Waals surface area contributed by atoms with Gasteiger partial charge in [0, 0.05) is 25.8 Å². The fourth-order valence-corrected chi connectivity index (χ4v) is 1.96. The lowest BCUT2D eigenvalue weighted by Crippen LogP contribution is -2.28. The third kappa shape index (κ3) is 5.15. The molecule has 0 saturated heterocycles. The predicted molar refractivity (Wildman–Crippen MR) is 77.4 cm³/mol. The Kier molecular flexibility index (Phi) is 6.91. The topological polar surface area (TPSA) is 28.2 Å². The molecule has 102 valence electrons. The van der Waals surface area contributed by atoms with E-state index in [9.17, 15) is 0 Å². The van der Waals surface area contributed by atoms with Crippen LogP contribution in [0.5, 0.6) is 0 Å². The lowest BCUT2D eigenvalue weighted by molar-refractivity contribution is 0.235. The van der Waals surface area contributed by atoms with Crippen molar-refractivity contribution in [3.63, 3.8) is 0 Å². The maximum absolute atomic E-state index is 4.54. The summed E-state index contributed by atoms with van der Waals surface area (Å²) in [6.45, 7) is 10.9. The van der Waals surface area contributed by atoms with Gasteiger partial charge in [-0.2, -0.15) is 0 Å². The van der Waals surface area contributed by atoms with Crippen LogP contribution in [0.1, 0.15) is 38.4 Å². The lowest BCUT2D eigenvalue weighted by Gasteiger charge is -2.23. The van der Waals surface area contributed by atoms with Crippen molar-refractivity contribution in [2.75, 3.05) is 20.1 Å². The van der Waals surface area contributed by atoms with Crippen molar-refractivity contribution in [2.24, 2.45) is 5.92 Å². The zero-order valence-electron chi connectivity index (χ0n) is 12.2. The molecule has 1 rings (SSSR count). The highest BCUT2D eigenvalue weighted by Gasteiger charge is 2.08. The normalized spacial score (nSPS) is 12.9. The summed E-state index contributed by atoms with van der Waals surface area (Å²) >= 11 is 0. The van der Waals surface area contributed by atoms with Gasteiger partial charge in [-0.3, -0.25) is 9.88 Å². The summed E-state index contributed by atoms with van der Waals surface area (Å²) in [5.41, 5.74) is 2.41. The number of nitrogens with one attached hydrogen (secondary N) is 1. The smallest absolute Gasteiger partial charge is 0.0544 e. The van der Waals surface area contributed by atoms with E-state index < -0.39 is 0 Å². The van der Waals surface area contributed by atoms with Gasteiger partial charge in [-0.15, -0.1) is 0 Å². The monoisotopic (exact) mass is 249 g/mol. The van der Waals surface area contributed by atoms with Gasteiger partial charge >= 0.3 is 0 Å². The Labute approximate surface area is 112 Å². The fourth-order valence-electron chi connectivity index (χ4n) is 1.96. The minimum atomic E-state index is 0.758. The molecule has 0 fully saturated rings. The van der Waals surface area contributed by atoms with Gasteiger partial charge in [-0.1, -0.05) is 33.3 Å². The van der Waals surface area contributed by atoms with E-state index in [4.69, 9.17) is 0 Å². The van der Waals surface area contributed by atoms with Gasteiger partial charge in [-0.25, -0.2) is 0 Å². The van der Waals surface area contributed by atoms with Crippen molar-refractivity contribution in [3.8, 4) is 0 Å². The largest absolute Gasteiger partial charge is 0.316 e. The number of aromatic nitrogens is 1. The summed E-state index contributed by atoms with van der Waals surface area (Å²) in [6, 6.07) is 4.31. The molecule has 0 saturated carbocycles. The molecule has 0 spiro atoms. The Morgan fingerprint density at radius 2 is 2.11 bits per heavy atom. The second-order valence-corrected chi connectivity index (χ2v) is 5.03. The highest BCUT2D eigenvalue weighted by atomic mass is 15.1. The van der Waals surface area contributed by atoms with Crippen LogP contribution in [0.25, 0.3) is 0 Å². The van der Waals surface area contributed by atoms with E-state index in [1.165, 1.54) is 17.7 Å². The SMILES string of the molecule is CCC(C)CN(CC)Cc1ccc(CNC)cn1. The molecule has 0 radical (unpaired) electrons. The molecule has 0 aliphatic heterocycles. The Balaban J connectivity index is 2.53. The average Bonchev–Trinajstić information content (AvgIpc) is 2.40. The second kappa shape index (κ2) is 8.22. The number of hydrogen-bond donors (Lipinski definition) is 1. The molecule has 0 aliphatic carbocycles. The quantitative estimate of drug-likeness (QED) is 0.768. The molecule has 3 nitrogen and oxygen atoms in total. The lowest BCUT2D eigenvalue weighted by atomic mass is 10.1. The van der Waals surface area contributed by atoms with E-state index in [2.05, 4.69) is 48.1 Å². The molecule has 3 heteroatoms. The van der Waals surface area contributed by atoms with E-state index in [-0.39, 0.29) is 0 Å². The van der Waals surface area contributed by atoms with E-state index in [1.807, 2.05) is 13.2 Å². The van der Waals surface area contributed by atoms with Gasteiger partial charge in [0.1, 0.15) is 0 Å². The van der Waals surface area contributed by atoms with Crippen molar-refractivity contribution in [2.45, 2.75) is 40.3 Å².